The fourth-order valence-corrected chi connectivity index (χ4v) is 6.62. The fourth-order valence-electron chi connectivity index (χ4n) is 3.38. The maximum atomic E-state index is 13.0. The van der Waals surface area contributed by atoms with E-state index in [9.17, 15) is 26.3 Å². The van der Waals surface area contributed by atoms with Crippen LogP contribution in [0.5, 0.6) is 5.75 Å². The average molecular weight is 513 g/mol. The van der Waals surface area contributed by atoms with Gasteiger partial charge in [0.15, 0.2) is 0 Å². The molecule has 9 heteroatoms. The molecule has 0 atom stereocenters. The van der Waals surface area contributed by atoms with Crippen LogP contribution >= 0.6 is 22.2 Å². The Balaban J connectivity index is 1.55. The number of alkyl halides is 6. The number of rotatable bonds is 6. The molecule has 0 aliphatic heterocycles. The summed E-state index contributed by atoms with van der Waals surface area (Å²) < 4.78 is 83.7. The normalized spacial score (nSPS) is 12.5. The van der Waals surface area contributed by atoms with Crippen LogP contribution in [-0.2, 0) is 19.0 Å². The molecule has 0 saturated carbocycles. The van der Waals surface area contributed by atoms with Gasteiger partial charge in [-0.05, 0) is 69.3 Å². The maximum absolute atomic E-state index is 13.0. The highest BCUT2D eigenvalue weighted by atomic mass is 32.2. The summed E-state index contributed by atoms with van der Waals surface area (Å²) >= 11 is 0.0484. The Kier molecular flexibility index (Phi) is 6.95. The second-order valence-electron chi connectivity index (χ2n) is 7.24. The number of halogens is 6. The SMILES string of the molecule is FC(F)(F)c1cc(COc2ccc([SH](c3ccccc3)c3ccccc3)cc2)sc1C(F)(F)F. The second kappa shape index (κ2) is 9.76. The van der Waals surface area contributed by atoms with E-state index >= 15 is 0 Å². The van der Waals surface area contributed by atoms with Gasteiger partial charge < -0.3 is 4.74 Å². The van der Waals surface area contributed by atoms with E-state index in [-0.39, 0.29) is 16.2 Å². The number of thiophene rings is 1. The average Bonchev–Trinajstić information content (AvgIpc) is 3.26. The van der Waals surface area contributed by atoms with Crippen LogP contribution in [0.3, 0.4) is 0 Å². The van der Waals surface area contributed by atoms with Crippen molar-refractivity contribution in [1.29, 1.82) is 0 Å². The van der Waals surface area contributed by atoms with Crippen molar-refractivity contribution >= 4 is 22.2 Å². The highest BCUT2D eigenvalue weighted by molar-refractivity contribution is 8.17. The topological polar surface area (TPSA) is 9.23 Å². The van der Waals surface area contributed by atoms with Crippen LogP contribution in [0, 0.1) is 0 Å². The number of hydrogen-bond donors (Lipinski definition) is 1. The first kappa shape index (κ1) is 24.2. The highest BCUT2D eigenvalue weighted by Crippen LogP contribution is 2.51. The molecule has 0 fully saturated rings. The van der Waals surface area contributed by atoms with Crippen molar-refractivity contribution in [2.75, 3.05) is 0 Å². The van der Waals surface area contributed by atoms with Gasteiger partial charge in [-0.25, -0.2) is 0 Å². The summed E-state index contributed by atoms with van der Waals surface area (Å²) in [5.41, 5.74) is -1.68. The molecule has 0 saturated heterocycles. The highest BCUT2D eigenvalue weighted by Gasteiger charge is 2.45. The number of hydrogen-bond acceptors (Lipinski definition) is 2. The van der Waals surface area contributed by atoms with Crippen LogP contribution in [0.4, 0.5) is 26.3 Å². The van der Waals surface area contributed by atoms with Crippen LogP contribution < -0.4 is 4.74 Å². The molecule has 0 unspecified atom stereocenters. The molecule has 3 aromatic carbocycles. The summed E-state index contributed by atoms with van der Waals surface area (Å²) in [6.07, 6.45) is -10.2. The van der Waals surface area contributed by atoms with Gasteiger partial charge in [0.05, 0.1) is 5.56 Å². The smallest absolute Gasteiger partial charge is 0.426 e. The molecule has 1 heterocycles. The Morgan fingerprint density at radius 3 is 1.59 bits per heavy atom. The predicted octanol–water partition coefficient (Wildman–Crippen LogP) is 8.84. The Morgan fingerprint density at radius 1 is 0.647 bits per heavy atom. The summed E-state index contributed by atoms with van der Waals surface area (Å²) in [6, 6.07) is 27.6. The van der Waals surface area contributed by atoms with Gasteiger partial charge in [0, 0.05) is 4.88 Å². The number of ether oxygens (including phenoxy) is 1. The third-order valence-corrected chi connectivity index (χ3v) is 8.45. The van der Waals surface area contributed by atoms with Crippen molar-refractivity contribution in [3.63, 3.8) is 0 Å². The summed E-state index contributed by atoms with van der Waals surface area (Å²) in [7, 11) is -0.842. The Bertz CT molecular complexity index is 1150. The molecule has 178 valence electrons. The zero-order valence-corrected chi connectivity index (χ0v) is 19.1. The van der Waals surface area contributed by atoms with Gasteiger partial charge in [-0.1, -0.05) is 36.4 Å². The zero-order chi connectivity index (χ0) is 24.3. The van der Waals surface area contributed by atoms with Crippen molar-refractivity contribution in [2.45, 2.75) is 33.6 Å². The van der Waals surface area contributed by atoms with E-state index in [2.05, 4.69) is 24.3 Å². The third-order valence-electron chi connectivity index (χ3n) is 4.85. The summed E-state index contributed by atoms with van der Waals surface area (Å²) in [4.78, 5) is 1.52. The van der Waals surface area contributed by atoms with E-state index in [1.54, 1.807) is 12.1 Å². The van der Waals surface area contributed by atoms with E-state index < -0.39 is 40.3 Å². The van der Waals surface area contributed by atoms with Crippen LogP contribution in [0.25, 0.3) is 0 Å². The Hall–Kier alpha value is -2.91. The molecular weight excluding hydrogens is 494 g/mol. The molecule has 0 bridgehead atoms. The van der Waals surface area contributed by atoms with Crippen molar-refractivity contribution in [3.05, 3.63) is 106 Å². The summed E-state index contributed by atoms with van der Waals surface area (Å²) in [5, 5.41) is 0. The molecular formula is C25H18F6OS2. The summed E-state index contributed by atoms with van der Waals surface area (Å²) in [6.45, 7) is -0.394. The molecule has 4 aromatic rings. The van der Waals surface area contributed by atoms with Crippen molar-refractivity contribution in [2.24, 2.45) is 0 Å². The van der Waals surface area contributed by atoms with E-state index in [0.29, 0.717) is 11.8 Å². The standard InChI is InChI=1S/C25H18F6OS2/c26-24(27,28)22-15-18(33-23(22)25(29,30)31)16-32-17-11-13-21(14-12-17)34(19-7-3-1-4-8-19)20-9-5-2-6-10-20/h1-15,34H,16H2. The summed E-state index contributed by atoms with van der Waals surface area (Å²) in [5.74, 6) is 0.357. The molecule has 0 aliphatic rings. The molecule has 4 rings (SSSR count). The van der Waals surface area contributed by atoms with Gasteiger partial charge in [0.2, 0.25) is 0 Å². The molecule has 0 amide bonds. The lowest BCUT2D eigenvalue weighted by Crippen LogP contribution is -2.12. The van der Waals surface area contributed by atoms with Gasteiger partial charge in [-0.15, -0.1) is 11.3 Å². The van der Waals surface area contributed by atoms with E-state index in [1.807, 2.05) is 48.5 Å². The van der Waals surface area contributed by atoms with Crippen molar-refractivity contribution in [3.8, 4) is 5.75 Å². The number of thiol groups is 1. The Labute approximate surface area is 199 Å². The minimum absolute atomic E-state index is 0.0484. The molecule has 34 heavy (non-hydrogen) atoms. The molecule has 1 aromatic heterocycles. The lowest BCUT2D eigenvalue weighted by atomic mass is 10.2. The van der Waals surface area contributed by atoms with Crippen LogP contribution in [0.2, 0.25) is 0 Å². The molecule has 1 nitrogen and oxygen atoms in total. The van der Waals surface area contributed by atoms with E-state index in [4.69, 9.17) is 4.74 Å². The minimum atomic E-state index is -5.09. The lowest BCUT2D eigenvalue weighted by Gasteiger charge is -2.23. The van der Waals surface area contributed by atoms with Crippen LogP contribution in [-0.4, -0.2) is 0 Å². The van der Waals surface area contributed by atoms with Gasteiger partial charge >= 0.3 is 12.4 Å². The third kappa shape index (κ3) is 5.59. The first-order chi connectivity index (χ1) is 16.1. The van der Waals surface area contributed by atoms with Gasteiger partial charge in [0.1, 0.15) is 17.2 Å². The largest absolute Gasteiger partial charge is 0.488 e. The predicted molar refractivity (Wildman–Crippen MR) is 122 cm³/mol. The second-order valence-corrected chi connectivity index (χ2v) is 10.6. The van der Waals surface area contributed by atoms with E-state index in [0.717, 1.165) is 14.7 Å². The van der Waals surface area contributed by atoms with Crippen LogP contribution in [0.1, 0.15) is 15.3 Å². The first-order valence-corrected chi connectivity index (χ1v) is 12.2. The lowest BCUT2D eigenvalue weighted by molar-refractivity contribution is -0.159. The molecule has 0 N–H and O–H groups in total. The quantitative estimate of drug-likeness (QED) is 0.201. The van der Waals surface area contributed by atoms with Gasteiger partial charge in [0.25, 0.3) is 0 Å². The van der Waals surface area contributed by atoms with Crippen molar-refractivity contribution in [1.82, 2.24) is 0 Å². The maximum Gasteiger partial charge on any atom is 0.426 e. The molecule has 0 spiro atoms. The van der Waals surface area contributed by atoms with Gasteiger partial charge in [-0.3, -0.25) is 0 Å². The number of benzene rings is 3. The molecule has 0 aliphatic carbocycles. The Morgan fingerprint density at radius 2 is 1.15 bits per heavy atom. The van der Waals surface area contributed by atoms with Crippen LogP contribution in [0.15, 0.2) is 106 Å². The van der Waals surface area contributed by atoms with E-state index in [1.165, 1.54) is 0 Å². The van der Waals surface area contributed by atoms with Crippen molar-refractivity contribution < 1.29 is 31.1 Å². The van der Waals surface area contributed by atoms with Gasteiger partial charge in [-0.2, -0.15) is 37.2 Å². The molecule has 0 radical (unpaired) electrons. The first-order valence-electron chi connectivity index (χ1n) is 10.0. The zero-order valence-electron chi connectivity index (χ0n) is 17.4. The minimum Gasteiger partial charge on any atom is -0.488 e. The fraction of sp³-hybridized carbons (Fsp3) is 0.120. The monoisotopic (exact) mass is 512 g/mol.